The molecule has 1 atom stereocenters. The van der Waals surface area contributed by atoms with Gasteiger partial charge in [-0.25, -0.2) is 8.42 Å². The van der Waals surface area contributed by atoms with Gasteiger partial charge in [0.15, 0.2) is 0 Å². The zero-order valence-corrected chi connectivity index (χ0v) is 15.9. The summed E-state index contributed by atoms with van der Waals surface area (Å²) in [5.41, 5.74) is 0.855. The highest BCUT2D eigenvalue weighted by molar-refractivity contribution is 7.89. The number of aromatic nitrogens is 1. The SMILES string of the molecule is COc1ccc(S(=O)(=O)N2CCNCC2c2cccnc2)cc1Cl.Cl. The van der Waals surface area contributed by atoms with Gasteiger partial charge in [-0.1, -0.05) is 17.7 Å². The largest absolute Gasteiger partial charge is 0.495 e. The van der Waals surface area contributed by atoms with Crippen LogP contribution in [0.5, 0.6) is 5.75 Å². The number of piperazine rings is 1. The lowest BCUT2D eigenvalue weighted by Crippen LogP contribution is -2.48. The van der Waals surface area contributed by atoms with E-state index in [1.165, 1.54) is 23.5 Å². The summed E-state index contributed by atoms with van der Waals surface area (Å²) >= 11 is 6.10. The van der Waals surface area contributed by atoms with Crippen LogP contribution in [-0.4, -0.2) is 44.5 Å². The number of nitrogens with one attached hydrogen (secondary N) is 1. The van der Waals surface area contributed by atoms with E-state index in [4.69, 9.17) is 16.3 Å². The van der Waals surface area contributed by atoms with Gasteiger partial charge in [-0.2, -0.15) is 4.31 Å². The molecule has 0 bridgehead atoms. The van der Waals surface area contributed by atoms with Gasteiger partial charge in [0.1, 0.15) is 5.75 Å². The molecule has 0 radical (unpaired) electrons. The van der Waals surface area contributed by atoms with E-state index in [1.54, 1.807) is 24.5 Å². The Kier molecular flexibility index (Phi) is 6.65. The maximum absolute atomic E-state index is 13.1. The molecule has 136 valence electrons. The van der Waals surface area contributed by atoms with Crippen molar-refractivity contribution in [3.8, 4) is 5.75 Å². The number of hydrogen-bond donors (Lipinski definition) is 1. The van der Waals surface area contributed by atoms with Crippen LogP contribution in [0.25, 0.3) is 0 Å². The third kappa shape index (κ3) is 4.07. The predicted molar refractivity (Wildman–Crippen MR) is 99.0 cm³/mol. The maximum atomic E-state index is 13.1. The van der Waals surface area contributed by atoms with Crippen LogP contribution < -0.4 is 10.1 Å². The molecule has 1 aromatic carbocycles. The molecule has 1 saturated heterocycles. The third-order valence-corrected chi connectivity index (χ3v) is 6.19. The average molecular weight is 404 g/mol. The Bertz CT molecular complexity index is 819. The Balaban J connectivity index is 0.00000225. The van der Waals surface area contributed by atoms with Crippen molar-refractivity contribution in [3.05, 3.63) is 53.3 Å². The van der Waals surface area contributed by atoms with Crippen molar-refractivity contribution in [2.45, 2.75) is 10.9 Å². The standard InChI is InChI=1S/C16H18ClN3O3S.ClH/c1-23-16-5-4-13(9-14(16)17)24(21,22)20-8-7-19-11-15(20)12-3-2-6-18-10-12;/h2-6,9-10,15,19H,7-8,11H2,1H3;1H. The highest BCUT2D eigenvalue weighted by Gasteiger charge is 2.34. The van der Waals surface area contributed by atoms with Crippen LogP contribution in [0.3, 0.4) is 0 Å². The van der Waals surface area contributed by atoms with Crippen molar-refractivity contribution in [2.24, 2.45) is 0 Å². The summed E-state index contributed by atoms with van der Waals surface area (Å²) in [6.07, 6.45) is 3.36. The fraction of sp³-hybridized carbons (Fsp3) is 0.312. The van der Waals surface area contributed by atoms with E-state index in [-0.39, 0.29) is 28.4 Å². The summed E-state index contributed by atoms with van der Waals surface area (Å²) in [5.74, 6) is 0.444. The third-order valence-electron chi connectivity index (χ3n) is 3.99. The van der Waals surface area contributed by atoms with E-state index in [2.05, 4.69) is 10.3 Å². The molecule has 1 fully saturated rings. The van der Waals surface area contributed by atoms with Gasteiger partial charge in [-0.15, -0.1) is 12.4 Å². The van der Waals surface area contributed by atoms with Crippen LogP contribution in [0.2, 0.25) is 5.02 Å². The Labute approximate surface area is 158 Å². The van der Waals surface area contributed by atoms with Crippen molar-refractivity contribution in [3.63, 3.8) is 0 Å². The molecule has 2 aromatic rings. The quantitative estimate of drug-likeness (QED) is 0.848. The number of ether oxygens (including phenoxy) is 1. The van der Waals surface area contributed by atoms with Crippen molar-refractivity contribution in [1.82, 2.24) is 14.6 Å². The fourth-order valence-electron chi connectivity index (χ4n) is 2.77. The molecule has 25 heavy (non-hydrogen) atoms. The lowest BCUT2D eigenvalue weighted by atomic mass is 10.1. The highest BCUT2D eigenvalue weighted by Crippen LogP contribution is 2.32. The molecule has 0 saturated carbocycles. The highest BCUT2D eigenvalue weighted by atomic mass is 35.5. The first-order chi connectivity index (χ1) is 11.5. The minimum atomic E-state index is -3.68. The first-order valence-corrected chi connectivity index (χ1v) is 9.32. The first-order valence-electron chi connectivity index (χ1n) is 7.50. The molecular weight excluding hydrogens is 385 g/mol. The molecule has 3 rings (SSSR count). The number of benzene rings is 1. The van der Waals surface area contributed by atoms with E-state index in [0.29, 0.717) is 25.4 Å². The first kappa shape index (κ1) is 19.9. The number of halogens is 2. The van der Waals surface area contributed by atoms with Crippen LogP contribution in [0.4, 0.5) is 0 Å². The second kappa shape index (κ2) is 8.33. The van der Waals surface area contributed by atoms with E-state index < -0.39 is 10.0 Å². The molecule has 1 aromatic heterocycles. The molecule has 1 aliphatic heterocycles. The van der Waals surface area contributed by atoms with Crippen molar-refractivity contribution in [1.29, 1.82) is 0 Å². The zero-order valence-electron chi connectivity index (χ0n) is 13.6. The fourth-order valence-corrected chi connectivity index (χ4v) is 4.74. The molecule has 1 aliphatic rings. The van der Waals surface area contributed by atoms with E-state index in [9.17, 15) is 8.42 Å². The Morgan fingerprint density at radius 3 is 2.80 bits per heavy atom. The lowest BCUT2D eigenvalue weighted by molar-refractivity contribution is 0.271. The molecule has 0 spiro atoms. The van der Waals surface area contributed by atoms with Crippen molar-refractivity contribution in [2.75, 3.05) is 26.7 Å². The van der Waals surface area contributed by atoms with Crippen molar-refractivity contribution < 1.29 is 13.2 Å². The normalized spacial score (nSPS) is 18.4. The minimum absolute atomic E-state index is 0. The number of pyridine rings is 1. The average Bonchev–Trinajstić information content (AvgIpc) is 2.62. The van der Waals surface area contributed by atoms with Crippen LogP contribution in [-0.2, 0) is 10.0 Å². The summed E-state index contributed by atoms with van der Waals surface area (Å²) in [5, 5.41) is 3.51. The van der Waals surface area contributed by atoms with Gasteiger partial charge in [0.25, 0.3) is 0 Å². The monoisotopic (exact) mass is 403 g/mol. The summed E-state index contributed by atoms with van der Waals surface area (Å²) in [6, 6.07) is 7.89. The second-order valence-electron chi connectivity index (χ2n) is 5.42. The summed E-state index contributed by atoms with van der Waals surface area (Å²) in [4.78, 5) is 4.26. The Morgan fingerprint density at radius 2 is 2.16 bits per heavy atom. The van der Waals surface area contributed by atoms with Gasteiger partial charge in [-0.05, 0) is 29.8 Å². The maximum Gasteiger partial charge on any atom is 0.243 e. The predicted octanol–water partition coefficient (Wildman–Crippen LogP) is 2.50. The molecule has 0 aliphatic carbocycles. The molecule has 9 heteroatoms. The van der Waals surface area contributed by atoms with E-state index in [0.717, 1.165) is 5.56 Å². The summed E-state index contributed by atoms with van der Waals surface area (Å²) < 4.78 is 32.8. The molecule has 1 unspecified atom stereocenters. The number of nitrogens with zero attached hydrogens (tertiary/aromatic N) is 2. The van der Waals surface area contributed by atoms with E-state index >= 15 is 0 Å². The Morgan fingerprint density at radius 1 is 1.36 bits per heavy atom. The molecular formula is C16H19Cl2N3O3S. The second-order valence-corrected chi connectivity index (χ2v) is 7.72. The van der Waals surface area contributed by atoms with Gasteiger partial charge < -0.3 is 10.1 Å². The lowest BCUT2D eigenvalue weighted by Gasteiger charge is -2.35. The van der Waals surface area contributed by atoms with Crippen LogP contribution in [0.15, 0.2) is 47.6 Å². The number of methoxy groups -OCH3 is 1. The summed E-state index contributed by atoms with van der Waals surface area (Å²) in [7, 11) is -2.19. The number of hydrogen-bond acceptors (Lipinski definition) is 5. The van der Waals surface area contributed by atoms with Gasteiger partial charge in [0.05, 0.1) is 23.1 Å². The number of rotatable bonds is 4. The van der Waals surface area contributed by atoms with Gasteiger partial charge in [-0.3, -0.25) is 4.98 Å². The van der Waals surface area contributed by atoms with Gasteiger partial charge >= 0.3 is 0 Å². The van der Waals surface area contributed by atoms with Crippen LogP contribution in [0.1, 0.15) is 11.6 Å². The molecule has 1 N–H and O–H groups in total. The number of sulfonamides is 1. The van der Waals surface area contributed by atoms with Crippen LogP contribution >= 0.6 is 24.0 Å². The zero-order chi connectivity index (χ0) is 17.2. The molecule has 6 nitrogen and oxygen atoms in total. The van der Waals surface area contributed by atoms with Crippen molar-refractivity contribution >= 4 is 34.0 Å². The van der Waals surface area contributed by atoms with Gasteiger partial charge in [0.2, 0.25) is 10.0 Å². The Hall–Kier alpha value is -1.38. The minimum Gasteiger partial charge on any atom is -0.495 e. The summed E-state index contributed by atoms with van der Waals surface area (Å²) in [6.45, 7) is 1.51. The van der Waals surface area contributed by atoms with Gasteiger partial charge in [0, 0.05) is 32.0 Å². The topological polar surface area (TPSA) is 71.5 Å². The smallest absolute Gasteiger partial charge is 0.243 e. The van der Waals surface area contributed by atoms with E-state index in [1.807, 2.05) is 6.07 Å². The van der Waals surface area contributed by atoms with Crippen LogP contribution in [0, 0.1) is 0 Å². The molecule has 0 amide bonds. The molecule has 2 heterocycles.